The number of nitrogens with zero attached hydrogens (tertiary/aromatic N) is 1. The summed E-state index contributed by atoms with van der Waals surface area (Å²) in [4.78, 5) is 37.7. The quantitative estimate of drug-likeness (QED) is 0.681. The van der Waals surface area contributed by atoms with E-state index in [0.717, 1.165) is 12.1 Å². The Morgan fingerprint density at radius 3 is 2.79 bits per heavy atom. The molecule has 0 aromatic heterocycles. The van der Waals surface area contributed by atoms with Crippen LogP contribution in [0.3, 0.4) is 0 Å². The fourth-order valence-electron chi connectivity index (χ4n) is 2.73. The number of piperazine rings is 1. The van der Waals surface area contributed by atoms with Crippen molar-refractivity contribution in [1.82, 2.24) is 10.2 Å². The average molecular weight is 401 g/mol. The maximum Gasteiger partial charge on any atom is 0.416 e. The molecule has 0 aliphatic carbocycles. The molecule has 1 aromatic rings. The zero-order valence-corrected chi connectivity index (χ0v) is 15.3. The lowest BCUT2D eigenvalue weighted by Gasteiger charge is -2.34. The number of alkyl halides is 3. The van der Waals surface area contributed by atoms with Crippen LogP contribution in [-0.2, 0) is 25.3 Å². The largest absolute Gasteiger partial charge is 0.466 e. The first kappa shape index (κ1) is 21.5. The second-order valence-electron chi connectivity index (χ2n) is 6.25. The molecule has 10 heteroatoms. The summed E-state index contributed by atoms with van der Waals surface area (Å²) in [6, 6.07) is 3.46. The molecule has 1 aliphatic heterocycles. The summed E-state index contributed by atoms with van der Waals surface area (Å²) in [5.41, 5.74) is -0.706. The highest BCUT2D eigenvalue weighted by molar-refractivity contribution is 5.93. The highest BCUT2D eigenvalue weighted by Crippen LogP contribution is 2.30. The monoisotopic (exact) mass is 401 g/mol. The van der Waals surface area contributed by atoms with Gasteiger partial charge in [0.2, 0.25) is 11.8 Å². The summed E-state index contributed by atoms with van der Waals surface area (Å²) in [6.07, 6.45) is -4.14. The summed E-state index contributed by atoms with van der Waals surface area (Å²) in [5.74, 6) is -1.56. The molecule has 28 heavy (non-hydrogen) atoms. The number of amides is 2. The number of esters is 1. The van der Waals surface area contributed by atoms with E-state index in [1.807, 2.05) is 6.92 Å². The molecule has 1 unspecified atom stereocenters. The maximum absolute atomic E-state index is 12.8. The molecule has 1 aliphatic rings. The normalized spacial score (nSPS) is 17.1. The van der Waals surface area contributed by atoms with Crippen molar-refractivity contribution in [2.24, 2.45) is 0 Å². The van der Waals surface area contributed by atoms with Gasteiger partial charge in [-0.15, -0.1) is 0 Å². The Hall–Kier alpha value is -2.78. The molecule has 2 amide bonds. The van der Waals surface area contributed by atoms with E-state index in [1.165, 1.54) is 17.0 Å². The molecule has 0 saturated carbocycles. The molecule has 1 atom stereocenters. The molecule has 154 valence electrons. The van der Waals surface area contributed by atoms with Gasteiger partial charge in [-0.25, -0.2) is 0 Å². The predicted octanol–water partition coefficient (Wildman–Crippen LogP) is 1.79. The number of carbonyl (C=O) groups excluding carboxylic acids is 3. The molecule has 0 bridgehead atoms. The van der Waals surface area contributed by atoms with Gasteiger partial charge in [-0.05, 0) is 24.6 Å². The van der Waals surface area contributed by atoms with Crippen LogP contribution in [0.5, 0.6) is 0 Å². The fourth-order valence-corrected chi connectivity index (χ4v) is 2.73. The number of anilines is 1. The summed E-state index contributed by atoms with van der Waals surface area (Å²) in [6.45, 7) is 2.17. The summed E-state index contributed by atoms with van der Waals surface area (Å²) < 4.78 is 43.3. The number of nitrogens with one attached hydrogen (secondary N) is 2. The van der Waals surface area contributed by atoms with Crippen LogP contribution in [-0.4, -0.2) is 55.0 Å². The van der Waals surface area contributed by atoms with Crippen molar-refractivity contribution >= 4 is 23.5 Å². The van der Waals surface area contributed by atoms with Crippen LogP contribution < -0.4 is 10.6 Å². The van der Waals surface area contributed by atoms with E-state index in [-0.39, 0.29) is 38.3 Å². The van der Waals surface area contributed by atoms with Crippen molar-refractivity contribution in [3.8, 4) is 0 Å². The van der Waals surface area contributed by atoms with Gasteiger partial charge in [-0.1, -0.05) is 13.0 Å². The molecule has 2 rings (SSSR count). The van der Waals surface area contributed by atoms with Crippen LogP contribution in [0, 0.1) is 0 Å². The summed E-state index contributed by atoms with van der Waals surface area (Å²) in [7, 11) is 0. The van der Waals surface area contributed by atoms with Crippen molar-refractivity contribution in [3.63, 3.8) is 0 Å². The minimum absolute atomic E-state index is 0.128. The molecule has 1 heterocycles. The molecular formula is C18H22F3N3O4. The first-order chi connectivity index (χ1) is 13.2. The van der Waals surface area contributed by atoms with Crippen LogP contribution in [0.2, 0.25) is 0 Å². The minimum atomic E-state index is -4.49. The van der Waals surface area contributed by atoms with E-state index in [0.29, 0.717) is 6.42 Å². The third-order valence-electron chi connectivity index (χ3n) is 4.11. The predicted molar refractivity (Wildman–Crippen MR) is 94.3 cm³/mol. The number of carbonyl (C=O) groups is 3. The average Bonchev–Trinajstić information content (AvgIpc) is 2.65. The molecule has 1 aromatic carbocycles. The molecule has 1 fully saturated rings. The highest BCUT2D eigenvalue weighted by Gasteiger charge is 2.35. The van der Waals surface area contributed by atoms with Gasteiger partial charge in [-0.2, -0.15) is 13.2 Å². The van der Waals surface area contributed by atoms with E-state index in [4.69, 9.17) is 4.74 Å². The topological polar surface area (TPSA) is 87.7 Å². The first-order valence-corrected chi connectivity index (χ1v) is 8.86. The smallest absolute Gasteiger partial charge is 0.416 e. The Balaban J connectivity index is 2.00. The zero-order valence-electron chi connectivity index (χ0n) is 15.3. The second-order valence-corrected chi connectivity index (χ2v) is 6.25. The summed E-state index contributed by atoms with van der Waals surface area (Å²) >= 11 is 0. The lowest BCUT2D eigenvalue weighted by atomic mass is 10.1. The second kappa shape index (κ2) is 9.43. The SMILES string of the molecule is CCCOC(=O)CC1C(=O)NCCN1C(=O)CNc1cccc(C(F)(F)F)c1. The van der Waals surface area contributed by atoms with E-state index < -0.39 is 35.6 Å². The van der Waals surface area contributed by atoms with Crippen LogP contribution >= 0.6 is 0 Å². The number of hydrogen-bond donors (Lipinski definition) is 2. The van der Waals surface area contributed by atoms with Crippen molar-refractivity contribution in [2.75, 3.05) is 31.6 Å². The van der Waals surface area contributed by atoms with E-state index >= 15 is 0 Å². The molecule has 1 saturated heterocycles. The third kappa shape index (κ3) is 5.86. The van der Waals surface area contributed by atoms with Gasteiger partial charge in [0.05, 0.1) is 25.1 Å². The van der Waals surface area contributed by atoms with Crippen LogP contribution in [0.4, 0.5) is 18.9 Å². The van der Waals surface area contributed by atoms with Crippen molar-refractivity contribution < 1.29 is 32.3 Å². The Morgan fingerprint density at radius 1 is 1.36 bits per heavy atom. The number of hydrogen-bond acceptors (Lipinski definition) is 5. The van der Waals surface area contributed by atoms with Gasteiger partial charge < -0.3 is 20.3 Å². The zero-order chi connectivity index (χ0) is 20.7. The molecule has 0 radical (unpaired) electrons. The Bertz CT molecular complexity index is 724. The van der Waals surface area contributed by atoms with Gasteiger partial charge in [0, 0.05) is 18.8 Å². The van der Waals surface area contributed by atoms with Crippen LogP contribution in [0.15, 0.2) is 24.3 Å². The third-order valence-corrected chi connectivity index (χ3v) is 4.11. The molecule has 0 spiro atoms. The lowest BCUT2D eigenvalue weighted by Crippen LogP contribution is -2.58. The molecular weight excluding hydrogens is 379 g/mol. The van der Waals surface area contributed by atoms with Gasteiger partial charge in [0.15, 0.2) is 0 Å². The summed E-state index contributed by atoms with van der Waals surface area (Å²) in [5, 5.41) is 5.23. The highest BCUT2D eigenvalue weighted by atomic mass is 19.4. The van der Waals surface area contributed by atoms with Gasteiger partial charge in [-0.3, -0.25) is 14.4 Å². The number of ether oxygens (including phenoxy) is 1. The minimum Gasteiger partial charge on any atom is -0.466 e. The van der Waals surface area contributed by atoms with E-state index in [9.17, 15) is 27.6 Å². The van der Waals surface area contributed by atoms with Crippen molar-refractivity contribution in [2.45, 2.75) is 32.0 Å². The first-order valence-electron chi connectivity index (χ1n) is 8.86. The maximum atomic E-state index is 12.8. The van der Waals surface area contributed by atoms with E-state index in [2.05, 4.69) is 10.6 Å². The van der Waals surface area contributed by atoms with Gasteiger partial charge in [0.25, 0.3) is 0 Å². The Labute approximate surface area is 160 Å². The van der Waals surface area contributed by atoms with Crippen LogP contribution in [0.1, 0.15) is 25.3 Å². The van der Waals surface area contributed by atoms with Crippen molar-refractivity contribution in [3.05, 3.63) is 29.8 Å². The Kier molecular flexibility index (Phi) is 7.24. The Morgan fingerprint density at radius 2 is 2.11 bits per heavy atom. The number of rotatable bonds is 7. The fraction of sp³-hybridized carbons (Fsp3) is 0.500. The molecule has 2 N–H and O–H groups in total. The van der Waals surface area contributed by atoms with Crippen LogP contribution in [0.25, 0.3) is 0 Å². The number of halogens is 3. The standard InChI is InChI=1S/C18H22F3N3O4/c1-2-8-28-16(26)10-14-17(27)22-6-7-24(14)15(25)11-23-13-5-3-4-12(9-13)18(19,20)21/h3-5,9,14,23H,2,6-8,10-11H2,1H3,(H,22,27). The van der Waals surface area contributed by atoms with Crippen molar-refractivity contribution in [1.29, 1.82) is 0 Å². The van der Waals surface area contributed by atoms with Gasteiger partial charge in [0.1, 0.15) is 6.04 Å². The molecule has 7 nitrogen and oxygen atoms in total. The number of benzene rings is 1. The lowest BCUT2D eigenvalue weighted by molar-refractivity contribution is -0.151. The van der Waals surface area contributed by atoms with Gasteiger partial charge >= 0.3 is 12.1 Å². The van der Waals surface area contributed by atoms with E-state index in [1.54, 1.807) is 0 Å².